The number of benzene rings is 1. The summed E-state index contributed by atoms with van der Waals surface area (Å²) in [6.07, 6.45) is 8.86. The van der Waals surface area contributed by atoms with Crippen LogP contribution in [0.2, 0.25) is 5.02 Å². The lowest BCUT2D eigenvalue weighted by molar-refractivity contribution is 0.0769. The fraction of sp³-hybridized carbons (Fsp3) is 0.250. The lowest BCUT2D eigenvalue weighted by atomic mass is 9.84. The average molecular weight is 375 g/mol. The van der Waals surface area contributed by atoms with E-state index in [1.165, 1.54) is 0 Å². The topological polar surface area (TPSA) is 45.2 Å². The SMILES string of the molecule is CCC(O)(c1ccc(Cl)cc1)c1cccnc1NC1C=CC(Cl)=CC1. The summed E-state index contributed by atoms with van der Waals surface area (Å²) in [5, 5.41) is 16.2. The van der Waals surface area contributed by atoms with E-state index in [4.69, 9.17) is 23.2 Å². The predicted molar refractivity (Wildman–Crippen MR) is 104 cm³/mol. The van der Waals surface area contributed by atoms with Gasteiger partial charge in [-0.15, -0.1) is 0 Å². The molecule has 2 atom stereocenters. The first kappa shape index (κ1) is 18.0. The molecule has 0 bridgehead atoms. The first-order valence-electron chi connectivity index (χ1n) is 8.27. The van der Waals surface area contributed by atoms with Gasteiger partial charge in [-0.05, 0) is 42.7 Å². The fourth-order valence-electron chi connectivity index (χ4n) is 3.01. The second kappa shape index (κ2) is 7.61. The molecule has 3 nitrogen and oxygen atoms in total. The monoisotopic (exact) mass is 374 g/mol. The van der Waals surface area contributed by atoms with E-state index in [0.717, 1.165) is 22.6 Å². The van der Waals surface area contributed by atoms with Crippen molar-refractivity contribution in [3.8, 4) is 0 Å². The molecule has 130 valence electrons. The molecule has 0 saturated heterocycles. The number of aromatic nitrogens is 1. The van der Waals surface area contributed by atoms with Crippen LogP contribution in [0.1, 0.15) is 30.9 Å². The minimum absolute atomic E-state index is 0.0856. The van der Waals surface area contributed by atoms with Crippen LogP contribution in [0.5, 0.6) is 0 Å². The Hall–Kier alpha value is -1.81. The normalized spacial score (nSPS) is 19.2. The number of hydrogen-bond acceptors (Lipinski definition) is 3. The maximum atomic E-state index is 11.4. The molecule has 0 saturated carbocycles. The Labute approximate surface area is 158 Å². The highest BCUT2D eigenvalue weighted by molar-refractivity contribution is 6.31. The van der Waals surface area contributed by atoms with Crippen LogP contribution in [0.15, 0.2) is 65.9 Å². The summed E-state index contributed by atoms with van der Waals surface area (Å²) in [4.78, 5) is 4.46. The van der Waals surface area contributed by atoms with Crippen LogP contribution < -0.4 is 5.32 Å². The van der Waals surface area contributed by atoms with E-state index in [1.807, 2.05) is 49.4 Å². The van der Waals surface area contributed by atoms with Crippen LogP contribution >= 0.6 is 23.2 Å². The Morgan fingerprint density at radius 3 is 2.64 bits per heavy atom. The standard InChI is InChI=1S/C20H20Cl2N2O/c1-2-20(25,14-5-7-15(21)8-6-14)18-4-3-13-23-19(18)24-17-11-9-16(22)10-12-17/h3-11,13,17,25H,2,12H2,1H3,(H,23,24). The molecular formula is C20H20Cl2N2O. The molecule has 1 aliphatic rings. The molecule has 1 aromatic heterocycles. The van der Waals surface area contributed by atoms with Crippen molar-refractivity contribution >= 4 is 29.0 Å². The maximum Gasteiger partial charge on any atom is 0.132 e. The molecule has 0 aliphatic heterocycles. The minimum Gasteiger partial charge on any atom is -0.380 e. The summed E-state index contributed by atoms with van der Waals surface area (Å²) >= 11 is 12.0. The van der Waals surface area contributed by atoms with E-state index < -0.39 is 5.60 Å². The third-order valence-corrected chi connectivity index (χ3v) is 5.00. The maximum absolute atomic E-state index is 11.4. The first-order chi connectivity index (χ1) is 12.0. The molecule has 0 spiro atoms. The third-order valence-electron chi connectivity index (χ3n) is 4.46. The van der Waals surface area contributed by atoms with Crippen molar-refractivity contribution in [3.05, 3.63) is 82.0 Å². The van der Waals surface area contributed by atoms with Crippen molar-refractivity contribution in [2.45, 2.75) is 31.4 Å². The molecule has 2 unspecified atom stereocenters. The Balaban J connectivity index is 1.95. The molecular weight excluding hydrogens is 355 g/mol. The van der Waals surface area contributed by atoms with E-state index in [2.05, 4.69) is 10.3 Å². The van der Waals surface area contributed by atoms with Gasteiger partial charge in [-0.3, -0.25) is 0 Å². The van der Waals surface area contributed by atoms with Gasteiger partial charge in [-0.2, -0.15) is 0 Å². The van der Waals surface area contributed by atoms with Crippen molar-refractivity contribution in [1.29, 1.82) is 0 Å². The molecule has 2 N–H and O–H groups in total. The number of pyridine rings is 1. The summed E-state index contributed by atoms with van der Waals surface area (Å²) in [6.45, 7) is 1.95. The Morgan fingerprint density at radius 2 is 2.00 bits per heavy atom. The second-order valence-corrected chi connectivity index (χ2v) is 6.93. The van der Waals surface area contributed by atoms with Gasteiger partial charge in [0.25, 0.3) is 0 Å². The van der Waals surface area contributed by atoms with Crippen molar-refractivity contribution in [1.82, 2.24) is 4.98 Å². The van der Waals surface area contributed by atoms with E-state index in [-0.39, 0.29) is 6.04 Å². The van der Waals surface area contributed by atoms with Gasteiger partial charge >= 0.3 is 0 Å². The molecule has 1 aliphatic carbocycles. The average Bonchev–Trinajstić information content (AvgIpc) is 2.64. The Kier molecular flexibility index (Phi) is 5.48. The number of aliphatic hydroxyl groups is 1. The number of allylic oxidation sites excluding steroid dienone is 2. The molecule has 25 heavy (non-hydrogen) atoms. The van der Waals surface area contributed by atoms with Crippen molar-refractivity contribution in [3.63, 3.8) is 0 Å². The van der Waals surface area contributed by atoms with Crippen LogP contribution in [-0.2, 0) is 5.60 Å². The van der Waals surface area contributed by atoms with E-state index in [9.17, 15) is 5.11 Å². The number of anilines is 1. The lowest BCUT2D eigenvalue weighted by Gasteiger charge is -2.30. The smallest absolute Gasteiger partial charge is 0.132 e. The van der Waals surface area contributed by atoms with Gasteiger partial charge in [0, 0.05) is 27.9 Å². The zero-order chi connectivity index (χ0) is 17.9. The number of hydrogen-bond donors (Lipinski definition) is 2. The summed E-state index contributed by atoms with van der Waals surface area (Å²) in [7, 11) is 0. The van der Waals surface area contributed by atoms with E-state index in [0.29, 0.717) is 17.3 Å². The highest BCUT2D eigenvalue weighted by atomic mass is 35.5. The van der Waals surface area contributed by atoms with Crippen LogP contribution in [0.25, 0.3) is 0 Å². The van der Waals surface area contributed by atoms with Crippen LogP contribution in [0, 0.1) is 0 Å². The molecule has 0 amide bonds. The van der Waals surface area contributed by atoms with Gasteiger partial charge in [-0.1, -0.05) is 60.5 Å². The third kappa shape index (κ3) is 3.90. The zero-order valence-corrected chi connectivity index (χ0v) is 15.4. The van der Waals surface area contributed by atoms with E-state index in [1.54, 1.807) is 18.3 Å². The number of rotatable bonds is 5. The predicted octanol–water partition coefficient (Wildman–Crippen LogP) is 5.24. The van der Waals surface area contributed by atoms with Gasteiger partial charge in [0.1, 0.15) is 11.4 Å². The van der Waals surface area contributed by atoms with E-state index >= 15 is 0 Å². The van der Waals surface area contributed by atoms with Gasteiger partial charge in [-0.25, -0.2) is 4.98 Å². The minimum atomic E-state index is -1.15. The highest BCUT2D eigenvalue weighted by Gasteiger charge is 2.32. The number of nitrogens with one attached hydrogen (secondary N) is 1. The largest absolute Gasteiger partial charge is 0.380 e. The van der Waals surface area contributed by atoms with Gasteiger partial charge in [0.05, 0.1) is 0 Å². The van der Waals surface area contributed by atoms with Crippen LogP contribution in [0.4, 0.5) is 5.82 Å². The molecule has 5 heteroatoms. The van der Waals surface area contributed by atoms with Gasteiger partial charge in [0.2, 0.25) is 0 Å². The summed E-state index contributed by atoms with van der Waals surface area (Å²) in [5.74, 6) is 0.669. The molecule has 0 radical (unpaired) electrons. The number of halogens is 2. The van der Waals surface area contributed by atoms with Crippen LogP contribution in [-0.4, -0.2) is 16.1 Å². The molecule has 1 heterocycles. The lowest BCUT2D eigenvalue weighted by Crippen LogP contribution is -2.29. The van der Waals surface area contributed by atoms with Crippen molar-refractivity contribution in [2.75, 3.05) is 5.32 Å². The van der Waals surface area contributed by atoms with Crippen molar-refractivity contribution < 1.29 is 5.11 Å². The van der Waals surface area contributed by atoms with Crippen LogP contribution in [0.3, 0.4) is 0 Å². The zero-order valence-electron chi connectivity index (χ0n) is 13.9. The summed E-state index contributed by atoms with van der Waals surface area (Å²) in [5.41, 5.74) is 0.388. The quantitative estimate of drug-likeness (QED) is 0.751. The summed E-state index contributed by atoms with van der Waals surface area (Å²) in [6, 6.07) is 11.1. The Bertz CT molecular complexity index is 802. The molecule has 1 aromatic carbocycles. The molecule has 3 rings (SSSR count). The first-order valence-corrected chi connectivity index (χ1v) is 9.03. The van der Waals surface area contributed by atoms with Crippen molar-refractivity contribution in [2.24, 2.45) is 0 Å². The summed E-state index contributed by atoms with van der Waals surface area (Å²) < 4.78 is 0. The second-order valence-electron chi connectivity index (χ2n) is 6.05. The highest BCUT2D eigenvalue weighted by Crippen LogP contribution is 2.37. The van der Waals surface area contributed by atoms with Gasteiger partial charge < -0.3 is 10.4 Å². The fourth-order valence-corrected chi connectivity index (χ4v) is 3.29. The molecule has 0 fully saturated rings. The van der Waals surface area contributed by atoms with Gasteiger partial charge in [0.15, 0.2) is 0 Å². The molecule has 2 aromatic rings. The Morgan fingerprint density at radius 1 is 1.24 bits per heavy atom. The number of nitrogens with zero attached hydrogens (tertiary/aromatic N) is 1.